The molecule has 1 aromatic carbocycles. The van der Waals surface area contributed by atoms with E-state index in [0.717, 1.165) is 24.2 Å². The van der Waals surface area contributed by atoms with Gasteiger partial charge in [-0.15, -0.1) is 0 Å². The molecule has 1 aliphatic carbocycles. The van der Waals surface area contributed by atoms with Crippen LogP contribution in [-0.4, -0.2) is 19.3 Å². The molecular formula is C18H26O2. The first-order chi connectivity index (χ1) is 9.85. The van der Waals surface area contributed by atoms with Crippen molar-refractivity contribution in [1.82, 2.24) is 0 Å². The fourth-order valence-corrected chi connectivity index (χ4v) is 3.38. The average Bonchev–Trinajstić information content (AvgIpc) is 3.31. The SMILES string of the molecule is CCCC1CCC(c2ccc(OC[C@@H]3CO3)cc2)CC1. The third-order valence-corrected chi connectivity index (χ3v) is 4.73. The minimum absolute atomic E-state index is 0.337. The van der Waals surface area contributed by atoms with E-state index in [0.29, 0.717) is 12.7 Å². The fourth-order valence-electron chi connectivity index (χ4n) is 3.38. The maximum atomic E-state index is 5.70. The van der Waals surface area contributed by atoms with Crippen molar-refractivity contribution in [3.05, 3.63) is 29.8 Å². The van der Waals surface area contributed by atoms with Crippen LogP contribution in [0, 0.1) is 5.92 Å². The summed E-state index contributed by atoms with van der Waals surface area (Å²) in [7, 11) is 0. The van der Waals surface area contributed by atoms with Crippen molar-refractivity contribution in [3.8, 4) is 5.75 Å². The Morgan fingerprint density at radius 3 is 2.40 bits per heavy atom. The van der Waals surface area contributed by atoms with Crippen molar-refractivity contribution in [2.45, 2.75) is 57.5 Å². The second-order valence-corrected chi connectivity index (χ2v) is 6.34. The van der Waals surface area contributed by atoms with Crippen LogP contribution >= 0.6 is 0 Å². The summed E-state index contributed by atoms with van der Waals surface area (Å²) < 4.78 is 10.9. The van der Waals surface area contributed by atoms with Gasteiger partial charge in [-0.05, 0) is 55.2 Å². The van der Waals surface area contributed by atoms with Crippen LogP contribution < -0.4 is 4.74 Å². The molecule has 2 fully saturated rings. The normalized spacial score (nSPS) is 29.1. The summed E-state index contributed by atoms with van der Waals surface area (Å²) in [5.74, 6) is 2.73. The number of epoxide rings is 1. The molecule has 0 amide bonds. The van der Waals surface area contributed by atoms with E-state index < -0.39 is 0 Å². The highest BCUT2D eigenvalue weighted by Gasteiger charge is 2.23. The van der Waals surface area contributed by atoms with Crippen molar-refractivity contribution in [2.75, 3.05) is 13.2 Å². The summed E-state index contributed by atoms with van der Waals surface area (Å²) in [5.41, 5.74) is 1.50. The third-order valence-electron chi connectivity index (χ3n) is 4.73. The molecule has 2 nitrogen and oxygen atoms in total. The molecule has 2 heteroatoms. The van der Waals surface area contributed by atoms with Crippen molar-refractivity contribution >= 4 is 0 Å². The Morgan fingerprint density at radius 2 is 1.80 bits per heavy atom. The van der Waals surface area contributed by atoms with Gasteiger partial charge in [-0.25, -0.2) is 0 Å². The molecule has 1 saturated carbocycles. The lowest BCUT2D eigenvalue weighted by molar-refractivity contribution is 0.263. The van der Waals surface area contributed by atoms with E-state index in [4.69, 9.17) is 9.47 Å². The molecule has 1 aromatic rings. The Hall–Kier alpha value is -1.02. The van der Waals surface area contributed by atoms with E-state index in [1.165, 1.54) is 44.1 Å². The Morgan fingerprint density at radius 1 is 1.10 bits per heavy atom. The molecule has 1 atom stereocenters. The standard InChI is InChI=1S/C18H26O2/c1-2-3-14-4-6-15(7-5-14)16-8-10-17(11-9-16)19-12-18-13-20-18/h8-11,14-15,18H,2-7,12-13H2,1H3/t14?,15?,18-/m1/s1. The lowest BCUT2D eigenvalue weighted by atomic mass is 9.77. The molecule has 20 heavy (non-hydrogen) atoms. The Balaban J connectivity index is 1.49. The van der Waals surface area contributed by atoms with Crippen LogP contribution in [0.1, 0.15) is 56.9 Å². The molecule has 1 aliphatic heterocycles. The first-order valence-corrected chi connectivity index (χ1v) is 8.19. The highest BCUT2D eigenvalue weighted by molar-refractivity contribution is 5.29. The van der Waals surface area contributed by atoms with E-state index >= 15 is 0 Å². The van der Waals surface area contributed by atoms with E-state index in [1.807, 2.05) is 0 Å². The van der Waals surface area contributed by atoms with Crippen LogP contribution in [0.4, 0.5) is 0 Å². The van der Waals surface area contributed by atoms with Gasteiger partial charge in [-0.1, -0.05) is 31.9 Å². The van der Waals surface area contributed by atoms with Crippen molar-refractivity contribution < 1.29 is 9.47 Å². The Kier molecular flexibility index (Phi) is 4.62. The average molecular weight is 274 g/mol. The largest absolute Gasteiger partial charge is 0.491 e. The van der Waals surface area contributed by atoms with Gasteiger partial charge in [0.05, 0.1) is 6.61 Å². The zero-order valence-electron chi connectivity index (χ0n) is 12.5. The van der Waals surface area contributed by atoms with Crippen molar-refractivity contribution in [1.29, 1.82) is 0 Å². The van der Waals surface area contributed by atoms with Gasteiger partial charge in [-0.3, -0.25) is 0 Å². The van der Waals surface area contributed by atoms with Crippen LogP contribution in [0.2, 0.25) is 0 Å². The maximum absolute atomic E-state index is 5.70. The minimum atomic E-state index is 0.337. The zero-order valence-corrected chi connectivity index (χ0v) is 12.5. The topological polar surface area (TPSA) is 21.8 Å². The van der Waals surface area contributed by atoms with Crippen molar-refractivity contribution in [2.24, 2.45) is 5.92 Å². The van der Waals surface area contributed by atoms with Crippen LogP contribution in [-0.2, 0) is 4.74 Å². The molecule has 110 valence electrons. The van der Waals surface area contributed by atoms with Gasteiger partial charge in [0.2, 0.25) is 0 Å². The summed E-state index contributed by atoms with van der Waals surface area (Å²) in [6.45, 7) is 3.86. The molecule has 1 heterocycles. The number of benzene rings is 1. The van der Waals surface area contributed by atoms with Gasteiger partial charge in [0.25, 0.3) is 0 Å². The van der Waals surface area contributed by atoms with Crippen LogP contribution in [0.25, 0.3) is 0 Å². The summed E-state index contributed by atoms with van der Waals surface area (Å²) in [6, 6.07) is 8.76. The number of hydrogen-bond acceptors (Lipinski definition) is 2. The molecule has 0 unspecified atom stereocenters. The molecular weight excluding hydrogens is 248 g/mol. The quantitative estimate of drug-likeness (QED) is 0.710. The molecule has 2 aliphatic rings. The molecule has 0 spiro atoms. The predicted molar refractivity (Wildman–Crippen MR) is 81.3 cm³/mol. The highest BCUT2D eigenvalue weighted by Crippen LogP contribution is 2.37. The Bertz CT molecular complexity index is 400. The van der Waals surface area contributed by atoms with Gasteiger partial charge < -0.3 is 9.47 Å². The summed E-state index contributed by atoms with van der Waals surface area (Å²) >= 11 is 0. The van der Waals surface area contributed by atoms with E-state index in [9.17, 15) is 0 Å². The number of rotatable bonds is 6. The van der Waals surface area contributed by atoms with E-state index in [1.54, 1.807) is 0 Å². The van der Waals surface area contributed by atoms with Crippen LogP contribution in [0.3, 0.4) is 0 Å². The number of ether oxygens (including phenoxy) is 2. The molecule has 0 N–H and O–H groups in total. The monoisotopic (exact) mass is 274 g/mol. The van der Waals surface area contributed by atoms with E-state index in [-0.39, 0.29) is 0 Å². The first kappa shape index (κ1) is 13.9. The molecule has 1 saturated heterocycles. The molecule has 0 radical (unpaired) electrons. The fraction of sp³-hybridized carbons (Fsp3) is 0.667. The summed E-state index contributed by atoms with van der Waals surface area (Å²) in [5, 5.41) is 0. The van der Waals surface area contributed by atoms with Gasteiger partial charge in [0.15, 0.2) is 0 Å². The predicted octanol–water partition coefficient (Wildman–Crippen LogP) is 4.54. The smallest absolute Gasteiger partial charge is 0.119 e. The minimum Gasteiger partial charge on any atom is -0.491 e. The summed E-state index contributed by atoms with van der Waals surface area (Å²) in [6.07, 6.45) is 8.64. The van der Waals surface area contributed by atoms with E-state index in [2.05, 4.69) is 31.2 Å². The Labute approximate surface area is 122 Å². The molecule has 3 rings (SSSR count). The second-order valence-electron chi connectivity index (χ2n) is 6.34. The summed E-state index contributed by atoms with van der Waals surface area (Å²) in [4.78, 5) is 0. The lowest BCUT2D eigenvalue weighted by Gasteiger charge is -2.28. The van der Waals surface area contributed by atoms with Crippen LogP contribution in [0.15, 0.2) is 24.3 Å². The van der Waals surface area contributed by atoms with Gasteiger partial charge in [0.1, 0.15) is 18.5 Å². The molecule has 0 aromatic heterocycles. The van der Waals surface area contributed by atoms with Gasteiger partial charge in [-0.2, -0.15) is 0 Å². The second kappa shape index (κ2) is 6.62. The van der Waals surface area contributed by atoms with Gasteiger partial charge in [0, 0.05) is 0 Å². The maximum Gasteiger partial charge on any atom is 0.119 e. The zero-order chi connectivity index (χ0) is 13.8. The number of hydrogen-bond donors (Lipinski definition) is 0. The first-order valence-electron chi connectivity index (χ1n) is 8.19. The molecule has 0 bridgehead atoms. The van der Waals surface area contributed by atoms with Crippen LogP contribution in [0.5, 0.6) is 5.75 Å². The lowest BCUT2D eigenvalue weighted by Crippen LogP contribution is -2.13. The highest BCUT2D eigenvalue weighted by atomic mass is 16.6. The van der Waals surface area contributed by atoms with Crippen molar-refractivity contribution in [3.63, 3.8) is 0 Å². The third kappa shape index (κ3) is 3.76. The van der Waals surface area contributed by atoms with Gasteiger partial charge >= 0.3 is 0 Å².